The molecular formula is C15H17F. The first-order valence-electron chi connectivity index (χ1n) is 5.72. The largest absolute Gasteiger partial charge is 0.206 e. The molecule has 84 valence electrons. The van der Waals surface area contributed by atoms with Crippen LogP contribution >= 0.6 is 0 Å². The highest BCUT2D eigenvalue weighted by Gasteiger charge is 2.17. The third kappa shape index (κ3) is 2.08. The Morgan fingerprint density at radius 1 is 1.19 bits per heavy atom. The lowest BCUT2D eigenvalue weighted by atomic mass is 9.85. The number of rotatable bonds is 1. The molecule has 0 saturated heterocycles. The Labute approximate surface area is 96.5 Å². The molecule has 0 saturated carbocycles. The minimum absolute atomic E-state index is 0.106. The molecule has 16 heavy (non-hydrogen) atoms. The van der Waals surface area contributed by atoms with Gasteiger partial charge in [0.1, 0.15) is 5.82 Å². The molecule has 0 heterocycles. The molecule has 1 aromatic carbocycles. The summed E-state index contributed by atoms with van der Waals surface area (Å²) in [7, 11) is 0. The van der Waals surface area contributed by atoms with Crippen molar-refractivity contribution in [2.45, 2.75) is 27.2 Å². The summed E-state index contributed by atoms with van der Waals surface area (Å²) in [6, 6.07) is 5.46. The zero-order chi connectivity index (χ0) is 11.7. The smallest absolute Gasteiger partial charge is 0.130 e. The molecule has 2 rings (SSSR count). The van der Waals surface area contributed by atoms with Gasteiger partial charge in [-0.25, -0.2) is 4.39 Å². The number of allylic oxidation sites excluding steroid dienone is 4. The van der Waals surface area contributed by atoms with Crippen LogP contribution in [0, 0.1) is 18.7 Å². The van der Waals surface area contributed by atoms with E-state index in [1.54, 1.807) is 6.07 Å². The van der Waals surface area contributed by atoms with E-state index in [-0.39, 0.29) is 5.82 Å². The van der Waals surface area contributed by atoms with E-state index in [1.165, 1.54) is 5.57 Å². The molecule has 0 nitrogen and oxygen atoms in total. The van der Waals surface area contributed by atoms with Crippen LogP contribution < -0.4 is 0 Å². The van der Waals surface area contributed by atoms with E-state index in [4.69, 9.17) is 0 Å². The summed E-state index contributed by atoms with van der Waals surface area (Å²) in [5, 5.41) is 0. The molecule has 1 atom stereocenters. The van der Waals surface area contributed by atoms with Crippen LogP contribution in [-0.4, -0.2) is 0 Å². The minimum atomic E-state index is -0.106. The highest BCUT2D eigenvalue weighted by Crippen LogP contribution is 2.33. The third-order valence-electron chi connectivity index (χ3n) is 3.14. The summed E-state index contributed by atoms with van der Waals surface area (Å²) in [5.74, 6) is 0.299. The Morgan fingerprint density at radius 3 is 2.56 bits per heavy atom. The molecule has 0 radical (unpaired) electrons. The average molecular weight is 216 g/mol. The number of benzene rings is 1. The third-order valence-corrected chi connectivity index (χ3v) is 3.14. The monoisotopic (exact) mass is 216 g/mol. The maximum absolute atomic E-state index is 13.8. The summed E-state index contributed by atoms with van der Waals surface area (Å²) < 4.78 is 13.8. The van der Waals surface area contributed by atoms with Gasteiger partial charge in [0.05, 0.1) is 0 Å². The lowest BCUT2D eigenvalue weighted by Gasteiger charge is -2.21. The predicted octanol–water partition coefficient (Wildman–Crippen LogP) is 4.50. The fraction of sp³-hybridized carbons (Fsp3) is 0.333. The first kappa shape index (κ1) is 11.1. The Morgan fingerprint density at radius 2 is 1.94 bits per heavy atom. The van der Waals surface area contributed by atoms with Crippen LogP contribution in [0.1, 0.15) is 31.4 Å². The van der Waals surface area contributed by atoms with E-state index in [9.17, 15) is 4.39 Å². The molecule has 0 aliphatic heterocycles. The number of aryl methyl sites for hydroxylation is 1. The van der Waals surface area contributed by atoms with Crippen molar-refractivity contribution in [1.82, 2.24) is 0 Å². The van der Waals surface area contributed by atoms with Crippen molar-refractivity contribution in [1.29, 1.82) is 0 Å². The Bertz CT molecular complexity index is 466. The van der Waals surface area contributed by atoms with E-state index in [0.29, 0.717) is 5.92 Å². The number of hydrogen-bond donors (Lipinski definition) is 0. The molecule has 1 aromatic rings. The second-order valence-corrected chi connectivity index (χ2v) is 4.72. The van der Waals surface area contributed by atoms with Gasteiger partial charge in [-0.15, -0.1) is 0 Å². The molecular weight excluding hydrogens is 199 g/mol. The minimum Gasteiger partial charge on any atom is -0.206 e. The summed E-state index contributed by atoms with van der Waals surface area (Å²) in [6.07, 6.45) is 5.17. The normalized spacial score (nSPS) is 20.4. The average Bonchev–Trinajstić information content (AvgIpc) is 2.19. The first-order valence-corrected chi connectivity index (χ1v) is 5.72. The van der Waals surface area contributed by atoms with Crippen molar-refractivity contribution in [3.05, 3.63) is 52.9 Å². The predicted molar refractivity (Wildman–Crippen MR) is 66.7 cm³/mol. The lowest BCUT2D eigenvalue weighted by Crippen LogP contribution is -2.05. The fourth-order valence-electron chi connectivity index (χ4n) is 2.27. The Hall–Kier alpha value is -1.37. The Balaban J connectivity index is 2.44. The van der Waals surface area contributed by atoms with E-state index in [2.05, 4.69) is 26.0 Å². The topological polar surface area (TPSA) is 0 Å². The van der Waals surface area contributed by atoms with Crippen molar-refractivity contribution in [3.8, 4) is 0 Å². The fourth-order valence-corrected chi connectivity index (χ4v) is 2.27. The lowest BCUT2D eigenvalue weighted by molar-refractivity contribution is 0.616. The molecule has 1 heteroatoms. The van der Waals surface area contributed by atoms with Gasteiger partial charge in [-0.2, -0.15) is 0 Å². The molecule has 0 aromatic heterocycles. The standard InChI is InChI=1S/C15H17F/c1-10-4-6-13(12(3)8-10)14-7-5-11(2)9-15(14)16/h4-7,9,12H,8H2,1-3H3. The quantitative estimate of drug-likeness (QED) is 0.648. The zero-order valence-corrected chi connectivity index (χ0v) is 10.0. The van der Waals surface area contributed by atoms with Gasteiger partial charge in [-0.3, -0.25) is 0 Å². The van der Waals surface area contributed by atoms with Gasteiger partial charge >= 0.3 is 0 Å². The second-order valence-electron chi connectivity index (χ2n) is 4.72. The van der Waals surface area contributed by atoms with Gasteiger partial charge in [0, 0.05) is 5.56 Å². The summed E-state index contributed by atoms with van der Waals surface area (Å²) in [5.41, 5.74) is 4.20. The van der Waals surface area contributed by atoms with Crippen molar-refractivity contribution in [3.63, 3.8) is 0 Å². The highest BCUT2D eigenvalue weighted by atomic mass is 19.1. The summed E-state index contributed by atoms with van der Waals surface area (Å²) >= 11 is 0. The van der Waals surface area contributed by atoms with Gasteiger partial charge < -0.3 is 0 Å². The number of halogens is 1. The maximum atomic E-state index is 13.8. The second kappa shape index (κ2) is 4.25. The highest BCUT2D eigenvalue weighted by molar-refractivity contribution is 5.71. The molecule has 0 bridgehead atoms. The zero-order valence-electron chi connectivity index (χ0n) is 10.0. The van der Waals surface area contributed by atoms with Crippen molar-refractivity contribution < 1.29 is 4.39 Å². The Kier molecular flexibility index (Phi) is 2.95. The SMILES string of the molecule is CC1=CC=C(c2ccc(C)cc2F)C(C)C1. The van der Waals surface area contributed by atoms with Crippen LogP contribution in [0.4, 0.5) is 4.39 Å². The van der Waals surface area contributed by atoms with Crippen LogP contribution in [-0.2, 0) is 0 Å². The molecule has 0 amide bonds. The van der Waals surface area contributed by atoms with Crippen molar-refractivity contribution in [2.75, 3.05) is 0 Å². The van der Waals surface area contributed by atoms with Gasteiger partial charge in [-0.05, 0) is 43.4 Å². The first-order chi connectivity index (χ1) is 7.58. The van der Waals surface area contributed by atoms with Crippen LogP contribution in [0.3, 0.4) is 0 Å². The van der Waals surface area contributed by atoms with Crippen LogP contribution in [0.25, 0.3) is 5.57 Å². The van der Waals surface area contributed by atoms with Crippen LogP contribution in [0.2, 0.25) is 0 Å². The van der Waals surface area contributed by atoms with Crippen LogP contribution in [0.15, 0.2) is 35.9 Å². The van der Waals surface area contributed by atoms with Gasteiger partial charge in [-0.1, -0.05) is 36.8 Å². The summed E-state index contributed by atoms with van der Waals surface area (Å²) in [4.78, 5) is 0. The van der Waals surface area contributed by atoms with Gasteiger partial charge in [0.15, 0.2) is 0 Å². The molecule has 1 unspecified atom stereocenters. The van der Waals surface area contributed by atoms with Crippen molar-refractivity contribution >= 4 is 5.57 Å². The molecule has 0 fully saturated rings. The maximum Gasteiger partial charge on any atom is 0.130 e. The van der Waals surface area contributed by atoms with Gasteiger partial charge in [0.25, 0.3) is 0 Å². The van der Waals surface area contributed by atoms with Crippen molar-refractivity contribution in [2.24, 2.45) is 5.92 Å². The van der Waals surface area contributed by atoms with E-state index < -0.39 is 0 Å². The van der Waals surface area contributed by atoms with Gasteiger partial charge in [0.2, 0.25) is 0 Å². The summed E-state index contributed by atoms with van der Waals surface area (Å²) in [6.45, 7) is 6.19. The molecule has 0 N–H and O–H groups in total. The number of hydrogen-bond acceptors (Lipinski definition) is 0. The molecule has 1 aliphatic carbocycles. The van der Waals surface area contributed by atoms with E-state index in [1.807, 2.05) is 19.1 Å². The van der Waals surface area contributed by atoms with E-state index in [0.717, 1.165) is 23.1 Å². The van der Waals surface area contributed by atoms with E-state index >= 15 is 0 Å². The molecule has 1 aliphatic rings. The molecule has 0 spiro atoms. The van der Waals surface area contributed by atoms with Crippen LogP contribution in [0.5, 0.6) is 0 Å².